The minimum absolute atomic E-state index is 0.304. The van der Waals surface area contributed by atoms with Crippen LogP contribution in [0.2, 0.25) is 0 Å². The van der Waals surface area contributed by atoms with Crippen LogP contribution >= 0.6 is 11.8 Å². The summed E-state index contributed by atoms with van der Waals surface area (Å²) >= 11 is 2.02. The van der Waals surface area contributed by atoms with Crippen LogP contribution in [-0.2, 0) is 4.79 Å². The van der Waals surface area contributed by atoms with Crippen LogP contribution < -0.4 is 5.32 Å². The molecule has 1 N–H and O–H groups in total. The number of carbonyl (C=O) groups is 1. The lowest BCUT2D eigenvalue weighted by molar-refractivity contribution is -0.135. The van der Waals surface area contributed by atoms with Crippen molar-refractivity contribution in [1.29, 1.82) is 0 Å². The number of rotatable bonds is 3. The molecule has 0 radical (unpaired) electrons. The first kappa shape index (κ1) is 14.7. The standard InChI is InChI=1S/C16H28N2OS/c1-3-16(2)15(19)18(13-9-6-10-20-11-13)14(17-16)12-7-4-5-8-12/h12-14,17H,3-11H2,1-2H3. The average molecular weight is 296 g/mol. The van der Waals surface area contributed by atoms with E-state index in [1.54, 1.807) is 0 Å². The van der Waals surface area contributed by atoms with E-state index in [2.05, 4.69) is 24.1 Å². The van der Waals surface area contributed by atoms with Gasteiger partial charge in [-0.1, -0.05) is 19.8 Å². The molecule has 1 aliphatic carbocycles. The summed E-state index contributed by atoms with van der Waals surface area (Å²) in [6.45, 7) is 4.24. The second-order valence-corrected chi connectivity index (χ2v) is 8.05. The molecule has 20 heavy (non-hydrogen) atoms. The maximum atomic E-state index is 13.0. The first-order valence-corrected chi connectivity index (χ1v) is 9.49. The normalized spacial score (nSPS) is 39.7. The van der Waals surface area contributed by atoms with Gasteiger partial charge in [0.25, 0.3) is 0 Å². The van der Waals surface area contributed by atoms with Gasteiger partial charge in [-0.05, 0) is 50.7 Å². The summed E-state index contributed by atoms with van der Waals surface area (Å²) < 4.78 is 0. The summed E-state index contributed by atoms with van der Waals surface area (Å²) in [5.74, 6) is 3.45. The van der Waals surface area contributed by atoms with Crippen LogP contribution in [0.5, 0.6) is 0 Å². The number of thioether (sulfide) groups is 1. The monoisotopic (exact) mass is 296 g/mol. The molecule has 0 aromatic carbocycles. The Labute approximate surface area is 127 Å². The molecule has 3 unspecified atom stereocenters. The predicted octanol–water partition coefficient (Wildman–Crippen LogP) is 3.00. The van der Waals surface area contributed by atoms with Crippen LogP contribution in [0.3, 0.4) is 0 Å². The number of hydrogen-bond donors (Lipinski definition) is 1. The first-order chi connectivity index (χ1) is 9.65. The van der Waals surface area contributed by atoms with Crippen molar-refractivity contribution in [1.82, 2.24) is 10.2 Å². The number of nitrogens with one attached hydrogen (secondary N) is 1. The quantitative estimate of drug-likeness (QED) is 0.869. The molecule has 1 saturated carbocycles. The first-order valence-electron chi connectivity index (χ1n) is 8.34. The van der Waals surface area contributed by atoms with Gasteiger partial charge in [0, 0.05) is 11.8 Å². The summed E-state index contributed by atoms with van der Waals surface area (Å²) in [6, 6.07) is 0.465. The third-order valence-corrected chi connectivity index (χ3v) is 6.75. The van der Waals surface area contributed by atoms with E-state index in [0.29, 0.717) is 24.0 Å². The maximum absolute atomic E-state index is 13.0. The molecule has 3 rings (SSSR count). The lowest BCUT2D eigenvalue weighted by Crippen LogP contribution is -2.49. The van der Waals surface area contributed by atoms with E-state index in [1.165, 1.54) is 44.3 Å². The fraction of sp³-hybridized carbons (Fsp3) is 0.938. The molecule has 3 nitrogen and oxygen atoms in total. The SMILES string of the molecule is CCC1(C)NC(C2CCCC2)N(C2CCCSC2)C1=O. The summed E-state index contributed by atoms with van der Waals surface area (Å²) in [4.78, 5) is 15.2. The average Bonchev–Trinajstić information content (AvgIpc) is 3.08. The third-order valence-electron chi connectivity index (χ3n) is 5.56. The Morgan fingerprint density at radius 1 is 1.30 bits per heavy atom. The highest BCUT2D eigenvalue weighted by Gasteiger charge is 2.51. The van der Waals surface area contributed by atoms with Gasteiger partial charge < -0.3 is 4.90 Å². The molecule has 2 heterocycles. The highest BCUT2D eigenvalue weighted by Crippen LogP contribution is 2.38. The van der Waals surface area contributed by atoms with E-state index in [0.717, 1.165) is 12.2 Å². The zero-order chi connectivity index (χ0) is 14.2. The fourth-order valence-electron chi connectivity index (χ4n) is 4.08. The minimum Gasteiger partial charge on any atom is -0.321 e. The third kappa shape index (κ3) is 2.50. The van der Waals surface area contributed by atoms with Gasteiger partial charge in [0.1, 0.15) is 0 Å². The fourth-order valence-corrected chi connectivity index (χ4v) is 5.21. The molecular weight excluding hydrogens is 268 g/mol. The molecule has 3 atom stereocenters. The van der Waals surface area contributed by atoms with Crippen molar-refractivity contribution in [2.75, 3.05) is 11.5 Å². The predicted molar refractivity (Wildman–Crippen MR) is 84.8 cm³/mol. The number of hydrogen-bond acceptors (Lipinski definition) is 3. The molecule has 0 bridgehead atoms. The van der Waals surface area contributed by atoms with E-state index < -0.39 is 0 Å². The molecule has 0 aromatic heterocycles. The highest BCUT2D eigenvalue weighted by atomic mass is 32.2. The molecule has 0 aromatic rings. The van der Waals surface area contributed by atoms with Crippen LogP contribution in [0.4, 0.5) is 0 Å². The Bertz CT molecular complexity index is 363. The molecule has 4 heteroatoms. The molecule has 114 valence electrons. The van der Waals surface area contributed by atoms with Gasteiger partial charge in [0.05, 0.1) is 11.7 Å². The molecule has 3 fully saturated rings. The lowest BCUT2D eigenvalue weighted by atomic mass is 9.98. The number of nitrogens with zero attached hydrogens (tertiary/aromatic N) is 1. The van der Waals surface area contributed by atoms with Gasteiger partial charge in [0.2, 0.25) is 5.91 Å². The van der Waals surface area contributed by atoms with Crippen LogP contribution in [0.15, 0.2) is 0 Å². The van der Waals surface area contributed by atoms with Crippen LogP contribution in [0, 0.1) is 5.92 Å². The summed E-state index contributed by atoms with van der Waals surface area (Å²) in [7, 11) is 0. The molecule has 2 aliphatic heterocycles. The van der Waals surface area contributed by atoms with E-state index in [-0.39, 0.29) is 5.54 Å². The zero-order valence-electron chi connectivity index (χ0n) is 12.9. The molecule has 3 aliphatic rings. The molecular formula is C16H28N2OS. The Kier molecular flexibility index (Phi) is 4.32. The van der Waals surface area contributed by atoms with E-state index >= 15 is 0 Å². The van der Waals surface area contributed by atoms with Gasteiger partial charge in [-0.15, -0.1) is 0 Å². The van der Waals surface area contributed by atoms with Crippen molar-refractivity contribution in [2.24, 2.45) is 5.92 Å². The zero-order valence-corrected chi connectivity index (χ0v) is 13.7. The Morgan fingerprint density at radius 2 is 2.05 bits per heavy atom. The second kappa shape index (κ2) is 5.88. The van der Waals surface area contributed by atoms with Crippen molar-refractivity contribution in [3.63, 3.8) is 0 Å². The second-order valence-electron chi connectivity index (χ2n) is 6.90. The van der Waals surface area contributed by atoms with Gasteiger partial charge in [-0.2, -0.15) is 11.8 Å². The Balaban J connectivity index is 1.83. The topological polar surface area (TPSA) is 32.3 Å². The highest BCUT2D eigenvalue weighted by molar-refractivity contribution is 7.99. The van der Waals surface area contributed by atoms with Crippen molar-refractivity contribution >= 4 is 17.7 Å². The van der Waals surface area contributed by atoms with E-state index in [1.807, 2.05) is 11.8 Å². The van der Waals surface area contributed by atoms with Crippen LogP contribution in [0.25, 0.3) is 0 Å². The van der Waals surface area contributed by atoms with Gasteiger partial charge >= 0.3 is 0 Å². The van der Waals surface area contributed by atoms with E-state index in [4.69, 9.17) is 0 Å². The minimum atomic E-state index is -0.324. The van der Waals surface area contributed by atoms with Crippen molar-refractivity contribution < 1.29 is 4.79 Å². The largest absolute Gasteiger partial charge is 0.321 e. The Hall–Kier alpha value is -0.220. The summed E-state index contributed by atoms with van der Waals surface area (Å²) in [6.07, 6.45) is 8.93. The molecule has 2 saturated heterocycles. The van der Waals surface area contributed by atoms with Crippen LogP contribution in [-0.4, -0.2) is 40.1 Å². The summed E-state index contributed by atoms with van der Waals surface area (Å²) in [5.41, 5.74) is -0.324. The van der Waals surface area contributed by atoms with Crippen molar-refractivity contribution in [2.45, 2.75) is 76.5 Å². The van der Waals surface area contributed by atoms with Crippen molar-refractivity contribution in [3.8, 4) is 0 Å². The lowest BCUT2D eigenvalue weighted by Gasteiger charge is -2.37. The molecule has 1 amide bonds. The number of carbonyl (C=O) groups excluding carboxylic acids is 1. The smallest absolute Gasteiger partial charge is 0.244 e. The van der Waals surface area contributed by atoms with Crippen LogP contribution in [0.1, 0.15) is 58.8 Å². The maximum Gasteiger partial charge on any atom is 0.244 e. The molecule has 0 spiro atoms. The van der Waals surface area contributed by atoms with Gasteiger partial charge in [-0.25, -0.2) is 0 Å². The summed E-state index contributed by atoms with van der Waals surface area (Å²) in [5, 5.41) is 3.72. The Morgan fingerprint density at radius 3 is 2.65 bits per heavy atom. The number of amides is 1. The van der Waals surface area contributed by atoms with E-state index in [9.17, 15) is 4.79 Å². The van der Waals surface area contributed by atoms with Gasteiger partial charge in [0.15, 0.2) is 0 Å². The van der Waals surface area contributed by atoms with Crippen molar-refractivity contribution in [3.05, 3.63) is 0 Å². The van der Waals surface area contributed by atoms with Gasteiger partial charge in [-0.3, -0.25) is 10.1 Å².